The Morgan fingerprint density at radius 1 is 1.41 bits per heavy atom. The summed E-state index contributed by atoms with van der Waals surface area (Å²) in [6.07, 6.45) is 0.820. The van der Waals surface area contributed by atoms with Crippen molar-refractivity contribution in [2.24, 2.45) is 5.92 Å². The summed E-state index contributed by atoms with van der Waals surface area (Å²) in [4.78, 5) is 12.1. The molecule has 5 heteroatoms. The van der Waals surface area contributed by atoms with Crippen molar-refractivity contribution in [2.75, 3.05) is 13.2 Å². The van der Waals surface area contributed by atoms with Crippen molar-refractivity contribution in [3.63, 3.8) is 0 Å². The maximum atomic E-state index is 12.1. The van der Waals surface area contributed by atoms with Gasteiger partial charge in [-0.05, 0) is 24.8 Å². The van der Waals surface area contributed by atoms with E-state index >= 15 is 0 Å². The van der Waals surface area contributed by atoms with Crippen LogP contribution in [0.2, 0.25) is 0 Å². The second-order valence-electron chi connectivity index (χ2n) is 6.22. The zero-order valence-electron chi connectivity index (χ0n) is 13.4. The SMILES string of the molecule is CCOC(=O)C1NNC2c3cccc(C(C)C)c3OCCC12. The van der Waals surface area contributed by atoms with E-state index in [2.05, 4.69) is 42.9 Å². The minimum atomic E-state index is -0.317. The Balaban J connectivity index is 1.93. The number of hydrazine groups is 1. The fourth-order valence-electron chi connectivity index (χ4n) is 3.43. The van der Waals surface area contributed by atoms with Gasteiger partial charge in [-0.2, -0.15) is 0 Å². The van der Waals surface area contributed by atoms with Crippen molar-refractivity contribution in [3.05, 3.63) is 29.3 Å². The highest BCUT2D eigenvalue weighted by molar-refractivity contribution is 5.77. The number of para-hydroxylation sites is 1. The summed E-state index contributed by atoms with van der Waals surface area (Å²) in [6.45, 7) is 7.19. The van der Waals surface area contributed by atoms with Gasteiger partial charge in [0.25, 0.3) is 0 Å². The molecule has 2 N–H and O–H groups in total. The Kier molecular flexibility index (Phi) is 4.36. The first-order valence-electron chi connectivity index (χ1n) is 8.06. The number of hydrogen-bond donors (Lipinski definition) is 2. The molecule has 1 aromatic carbocycles. The van der Waals surface area contributed by atoms with Crippen molar-refractivity contribution < 1.29 is 14.3 Å². The first-order valence-corrected chi connectivity index (χ1v) is 8.06. The van der Waals surface area contributed by atoms with E-state index in [0.29, 0.717) is 19.1 Å². The van der Waals surface area contributed by atoms with Crippen LogP contribution < -0.4 is 15.6 Å². The predicted octanol–water partition coefficient (Wildman–Crippen LogP) is 2.29. The molecule has 2 heterocycles. The molecule has 3 rings (SSSR count). The standard InChI is InChI=1S/C17H24N2O3/c1-4-21-17(20)15-12-8-9-22-16-11(10(2)3)6-5-7-13(16)14(12)18-19-15/h5-7,10,12,14-15,18-19H,4,8-9H2,1-3H3. The fourth-order valence-corrected chi connectivity index (χ4v) is 3.43. The quantitative estimate of drug-likeness (QED) is 0.839. The van der Waals surface area contributed by atoms with Crippen LogP contribution in [-0.4, -0.2) is 25.2 Å². The first kappa shape index (κ1) is 15.3. The summed E-state index contributed by atoms with van der Waals surface area (Å²) in [5.41, 5.74) is 8.75. The largest absolute Gasteiger partial charge is 0.493 e. The van der Waals surface area contributed by atoms with E-state index in [4.69, 9.17) is 9.47 Å². The lowest BCUT2D eigenvalue weighted by molar-refractivity contribution is -0.146. The average molecular weight is 304 g/mol. The summed E-state index contributed by atoms with van der Waals surface area (Å²) in [5.74, 6) is 1.33. The third kappa shape index (κ3) is 2.59. The summed E-state index contributed by atoms with van der Waals surface area (Å²) in [7, 11) is 0. The van der Waals surface area contributed by atoms with Crippen LogP contribution in [0.4, 0.5) is 0 Å². The Morgan fingerprint density at radius 2 is 2.23 bits per heavy atom. The Hall–Kier alpha value is -1.59. The number of fused-ring (bicyclic) bond motifs is 3. The minimum absolute atomic E-state index is 0.0746. The van der Waals surface area contributed by atoms with Gasteiger partial charge in [-0.25, -0.2) is 10.9 Å². The topological polar surface area (TPSA) is 59.6 Å². The van der Waals surface area contributed by atoms with Gasteiger partial charge in [-0.1, -0.05) is 32.0 Å². The molecule has 3 unspecified atom stereocenters. The van der Waals surface area contributed by atoms with E-state index in [0.717, 1.165) is 17.7 Å². The molecule has 1 fully saturated rings. The van der Waals surface area contributed by atoms with Gasteiger partial charge in [0.1, 0.15) is 11.8 Å². The molecule has 1 aromatic rings. The fraction of sp³-hybridized carbons (Fsp3) is 0.588. The summed E-state index contributed by atoms with van der Waals surface area (Å²) < 4.78 is 11.2. The molecule has 5 nitrogen and oxygen atoms in total. The normalized spacial score (nSPS) is 26.8. The lowest BCUT2D eigenvalue weighted by Gasteiger charge is -2.20. The number of hydrogen-bond acceptors (Lipinski definition) is 5. The van der Waals surface area contributed by atoms with E-state index in [-0.39, 0.29) is 24.0 Å². The third-order valence-electron chi connectivity index (χ3n) is 4.52. The van der Waals surface area contributed by atoms with Gasteiger partial charge >= 0.3 is 5.97 Å². The van der Waals surface area contributed by atoms with Crippen LogP contribution in [0.1, 0.15) is 50.3 Å². The molecule has 2 aliphatic rings. The van der Waals surface area contributed by atoms with Gasteiger partial charge in [0, 0.05) is 11.5 Å². The number of ether oxygens (including phenoxy) is 2. The van der Waals surface area contributed by atoms with E-state index in [1.165, 1.54) is 5.56 Å². The molecular formula is C17H24N2O3. The molecule has 1 saturated heterocycles. The second kappa shape index (κ2) is 6.26. The average Bonchev–Trinajstić information content (AvgIpc) is 2.82. The van der Waals surface area contributed by atoms with Gasteiger partial charge in [-0.3, -0.25) is 4.79 Å². The van der Waals surface area contributed by atoms with Gasteiger partial charge in [0.2, 0.25) is 0 Å². The van der Waals surface area contributed by atoms with Crippen LogP contribution >= 0.6 is 0 Å². The molecule has 0 aliphatic carbocycles. The van der Waals surface area contributed by atoms with Gasteiger partial charge in [0.05, 0.1) is 19.3 Å². The molecule has 0 amide bonds. The van der Waals surface area contributed by atoms with Crippen molar-refractivity contribution in [1.82, 2.24) is 10.9 Å². The number of rotatable bonds is 3. The van der Waals surface area contributed by atoms with Crippen LogP contribution in [0.15, 0.2) is 18.2 Å². The molecular weight excluding hydrogens is 280 g/mol. The van der Waals surface area contributed by atoms with E-state index in [9.17, 15) is 4.79 Å². The number of carbonyl (C=O) groups excluding carboxylic acids is 1. The van der Waals surface area contributed by atoms with Gasteiger partial charge in [-0.15, -0.1) is 0 Å². The highest BCUT2D eigenvalue weighted by Gasteiger charge is 2.44. The van der Waals surface area contributed by atoms with E-state index < -0.39 is 0 Å². The second-order valence-corrected chi connectivity index (χ2v) is 6.22. The number of nitrogens with one attached hydrogen (secondary N) is 2. The molecule has 0 bridgehead atoms. The number of carbonyl (C=O) groups is 1. The van der Waals surface area contributed by atoms with Crippen LogP contribution in [0.25, 0.3) is 0 Å². The monoisotopic (exact) mass is 304 g/mol. The summed E-state index contributed by atoms with van der Waals surface area (Å²) >= 11 is 0. The number of esters is 1. The Bertz CT molecular complexity index is 559. The Morgan fingerprint density at radius 3 is 2.95 bits per heavy atom. The van der Waals surface area contributed by atoms with Crippen LogP contribution in [0.5, 0.6) is 5.75 Å². The van der Waals surface area contributed by atoms with Gasteiger partial charge in [0.15, 0.2) is 0 Å². The predicted molar refractivity (Wildman–Crippen MR) is 83.6 cm³/mol. The van der Waals surface area contributed by atoms with Crippen LogP contribution in [-0.2, 0) is 9.53 Å². The molecule has 3 atom stereocenters. The zero-order valence-corrected chi connectivity index (χ0v) is 13.4. The molecule has 0 spiro atoms. The molecule has 120 valence electrons. The summed E-state index contributed by atoms with van der Waals surface area (Å²) in [6, 6.07) is 6.04. The van der Waals surface area contributed by atoms with Crippen molar-refractivity contribution in [3.8, 4) is 5.75 Å². The third-order valence-corrected chi connectivity index (χ3v) is 4.52. The first-order chi connectivity index (χ1) is 10.6. The van der Waals surface area contributed by atoms with Gasteiger partial charge < -0.3 is 9.47 Å². The van der Waals surface area contributed by atoms with Crippen molar-refractivity contribution in [2.45, 2.75) is 45.2 Å². The maximum absolute atomic E-state index is 12.1. The zero-order chi connectivity index (χ0) is 15.7. The molecule has 0 aromatic heterocycles. The van der Waals surface area contributed by atoms with Crippen LogP contribution in [0.3, 0.4) is 0 Å². The van der Waals surface area contributed by atoms with Crippen LogP contribution in [0, 0.1) is 5.92 Å². The van der Waals surface area contributed by atoms with Crippen molar-refractivity contribution >= 4 is 5.97 Å². The highest BCUT2D eigenvalue weighted by Crippen LogP contribution is 2.42. The Labute approximate surface area is 131 Å². The summed E-state index contributed by atoms with van der Waals surface area (Å²) in [5, 5.41) is 0. The smallest absolute Gasteiger partial charge is 0.324 e. The number of benzene rings is 1. The molecule has 0 radical (unpaired) electrons. The molecule has 0 saturated carbocycles. The van der Waals surface area contributed by atoms with E-state index in [1.807, 2.05) is 6.92 Å². The molecule has 22 heavy (non-hydrogen) atoms. The highest BCUT2D eigenvalue weighted by atomic mass is 16.5. The lowest BCUT2D eigenvalue weighted by Crippen LogP contribution is -2.40. The molecule has 2 aliphatic heterocycles. The maximum Gasteiger partial charge on any atom is 0.324 e. The van der Waals surface area contributed by atoms with Crippen molar-refractivity contribution in [1.29, 1.82) is 0 Å². The minimum Gasteiger partial charge on any atom is -0.493 e. The lowest BCUT2D eigenvalue weighted by atomic mass is 9.86. The van der Waals surface area contributed by atoms with E-state index in [1.54, 1.807) is 0 Å².